The summed E-state index contributed by atoms with van der Waals surface area (Å²) < 4.78 is 0. The molecule has 0 aromatic heterocycles. The molecule has 0 N–H and O–H groups in total. The van der Waals surface area contributed by atoms with Crippen LogP contribution in [0.15, 0.2) is 54.6 Å². The second-order valence-corrected chi connectivity index (χ2v) is 12.7. The highest BCUT2D eigenvalue weighted by Crippen LogP contribution is 2.35. The molecule has 0 saturated carbocycles. The number of hydrogen-bond acceptors (Lipinski definition) is 1. The van der Waals surface area contributed by atoms with Crippen molar-refractivity contribution in [2.24, 2.45) is 0 Å². The lowest BCUT2D eigenvalue weighted by Crippen LogP contribution is -2.45. The second kappa shape index (κ2) is 5.78. The normalized spacial score (nSPS) is 19.3. The highest BCUT2D eigenvalue weighted by Gasteiger charge is 2.31. The molecular formula is C19H25NSi. The zero-order valence-corrected chi connectivity index (χ0v) is 14.3. The van der Waals surface area contributed by atoms with E-state index in [1.807, 2.05) is 0 Å². The minimum absolute atomic E-state index is 0.433. The molecule has 1 aliphatic rings. The highest BCUT2D eigenvalue weighted by atomic mass is 28.3. The Bertz CT molecular complexity index is 600. The smallest absolute Gasteiger partial charge is 0.0602 e. The van der Waals surface area contributed by atoms with Gasteiger partial charge in [-0.2, -0.15) is 0 Å². The summed E-state index contributed by atoms with van der Waals surface area (Å²) in [6, 6.07) is 20.4. The fourth-order valence-electron chi connectivity index (χ4n) is 3.42. The first-order chi connectivity index (χ1) is 10.0. The van der Waals surface area contributed by atoms with E-state index >= 15 is 0 Å². The molecule has 1 aliphatic heterocycles. The summed E-state index contributed by atoms with van der Waals surface area (Å²) in [5, 5.41) is 0. The highest BCUT2D eigenvalue weighted by molar-refractivity contribution is 6.76. The molecule has 0 aliphatic carbocycles. The third kappa shape index (κ3) is 3.28. The number of rotatable bonds is 3. The monoisotopic (exact) mass is 295 g/mol. The summed E-state index contributed by atoms with van der Waals surface area (Å²) in [5.74, 6) is 0. The SMILES string of the molecule is C[Si](C)(C)CN1CCc2ccccc2C1c1ccccc1. The van der Waals surface area contributed by atoms with Gasteiger partial charge in [-0.25, -0.2) is 0 Å². The van der Waals surface area contributed by atoms with E-state index in [0.717, 1.165) is 0 Å². The van der Waals surface area contributed by atoms with Gasteiger partial charge in [-0.15, -0.1) is 0 Å². The van der Waals surface area contributed by atoms with Crippen LogP contribution in [0, 0.1) is 0 Å². The summed E-state index contributed by atoms with van der Waals surface area (Å²) in [5.41, 5.74) is 4.47. The number of benzene rings is 2. The first-order valence-electron chi connectivity index (χ1n) is 7.91. The lowest BCUT2D eigenvalue weighted by Gasteiger charge is -2.40. The lowest BCUT2D eigenvalue weighted by atomic mass is 9.89. The van der Waals surface area contributed by atoms with Gasteiger partial charge in [-0.3, -0.25) is 4.90 Å². The van der Waals surface area contributed by atoms with Crippen molar-refractivity contribution < 1.29 is 0 Å². The Balaban J connectivity index is 2.03. The Labute approximate surface area is 129 Å². The third-order valence-corrected chi connectivity index (χ3v) is 5.53. The number of nitrogens with zero attached hydrogens (tertiary/aromatic N) is 1. The second-order valence-electron chi connectivity index (χ2n) is 7.29. The maximum Gasteiger partial charge on any atom is 0.0602 e. The van der Waals surface area contributed by atoms with Crippen LogP contribution in [0.3, 0.4) is 0 Å². The van der Waals surface area contributed by atoms with Gasteiger partial charge >= 0.3 is 0 Å². The maximum absolute atomic E-state index is 2.71. The molecule has 0 radical (unpaired) electrons. The van der Waals surface area contributed by atoms with E-state index in [-0.39, 0.29) is 0 Å². The van der Waals surface area contributed by atoms with E-state index in [1.54, 1.807) is 0 Å². The van der Waals surface area contributed by atoms with Crippen LogP contribution in [0.25, 0.3) is 0 Å². The molecule has 1 heterocycles. The molecule has 3 rings (SSSR count). The summed E-state index contributed by atoms with van der Waals surface area (Å²) in [4.78, 5) is 2.71. The number of fused-ring (bicyclic) bond motifs is 1. The average molecular weight is 296 g/mol. The zero-order chi connectivity index (χ0) is 14.9. The predicted octanol–water partition coefficient (Wildman–Crippen LogP) is 4.51. The standard InChI is InChI=1S/C19H25NSi/c1-21(2,3)15-20-14-13-16-9-7-8-12-18(16)19(20)17-10-5-4-6-11-17/h4-12,19H,13-15H2,1-3H3. The van der Waals surface area contributed by atoms with Crippen molar-refractivity contribution in [3.05, 3.63) is 71.3 Å². The largest absolute Gasteiger partial charge is 0.295 e. The molecule has 1 atom stereocenters. The van der Waals surface area contributed by atoms with Crippen LogP contribution in [0.5, 0.6) is 0 Å². The van der Waals surface area contributed by atoms with Crippen molar-refractivity contribution in [1.29, 1.82) is 0 Å². The minimum Gasteiger partial charge on any atom is -0.295 e. The van der Waals surface area contributed by atoms with E-state index < -0.39 is 8.07 Å². The molecule has 21 heavy (non-hydrogen) atoms. The van der Waals surface area contributed by atoms with Crippen LogP contribution in [-0.4, -0.2) is 25.7 Å². The molecule has 110 valence electrons. The van der Waals surface area contributed by atoms with Gasteiger partial charge in [0, 0.05) is 6.54 Å². The third-order valence-electron chi connectivity index (χ3n) is 4.18. The fourth-order valence-corrected chi connectivity index (χ4v) is 4.98. The number of hydrogen-bond donors (Lipinski definition) is 0. The van der Waals surface area contributed by atoms with Crippen molar-refractivity contribution >= 4 is 8.07 Å². The van der Waals surface area contributed by atoms with Crippen LogP contribution in [0.2, 0.25) is 19.6 Å². The Morgan fingerprint density at radius 2 is 1.62 bits per heavy atom. The van der Waals surface area contributed by atoms with Gasteiger partial charge in [0.1, 0.15) is 0 Å². The Kier molecular flexibility index (Phi) is 4.00. The Morgan fingerprint density at radius 3 is 2.33 bits per heavy atom. The molecule has 1 nitrogen and oxygen atoms in total. The molecule has 2 aromatic carbocycles. The van der Waals surface area contributed by atoms with E-state index in [0.29, 0.717) is 6.04 Å². The molecular weight excluding hydrogens is 270 g/mol. The van der Waals surface area contributed by atoms with Crippen LogP contribution in [0.4, 0.5) is 0 Å². The summed E-state index contributed by atoms with van der Waals surface area (Å²) in [6.45, 7) is 8.58. The molecule has 1 unspecified atom stereocenters. The Morgan fingerprint density at radius 1 is 0.952 bits per heavy atom. The van der Waals surface area contributed by atoms with Gasteiger partial charge in [-0.05, 0) is 29.3 Å². The molecule has 0 spiro atoms. The van der Waals surface area contributed by atoms with Gasteiger partial charge in [0.25, 0.3) is 0 Å². The zero-order valence-electron chi connectivity index (χ0n) is 13.3. The quantitative estimate of drug-likeness (QED) is 0.753. The molecule has 0 amide bonds. The Hall–Kier alpha value is -1.38. The van der Waals surface area contributed by atoms with E-state index in [4.69, 9.17) is 0 Å². The fraction of sp³-hybridized carbons (Fsp3) is 0.368. The van der Waals surface area contributed by atoms with Crippen LogP contribution < -0.4 is 0 Å². The minimum atomic E-state index is -1.11. The van der Waals surface area contributed by atoms with Crippen molar-refractivity contribution in [1.82, 2.24) is 4.90 Å². The summed E-state index contributed by atoms with van der Waals surface area (Å²) in [6.07, 6.45) is 2.45. The van der Waals surface area contributed by atoms with E-state index in [9.17, 15) is 0 Å². The van der Waals surface area contributed by atoms with Gasteiger partial charge in [0.05, 0.1) is 14.1 Å². The van der Waals surface area contributed by atoms with Gasteiger partial charge in [0.2, 0.25) is 0 Å². The molecule has 0 bridgehead atoms. The van der Waals surface area contributed by atoms with Crippen LogP contribution in [-0.2, 0) is 6.42 Å². The van der Waals surface area contributed by atoms with Crippen molar-refractivity contribution in [2.75, 3.05) is 12.7 Å². The topological polar surface area (TPSA) is 3.24 Å². The summed E-state index contributed by atoms with van der Waals surface area (Å²) in [7, 11) is -1.11. The van der Waals surface area contributed by atoms with E-state index in [2.05, 4.69) is 79.1 Å². The lowest BCUT2D eigenvalue weighted by molar-refractivity contribution is 0.245. The van der Waals surface area contributed by atoms with Crippen LogP contribution >= 0.6 is 0 Å². The van der Waals surface area contributed by atoms with Crippen molar-refractivity contribution in [3.63, 3.8) is 0 Å². The molecule has 0 saturated heterocycles. The maximum atomic E-state index is 2.71. The molecule has 0 fully saturated rings. The van der Waals surface area contributed by atoms with Gasteiger partial charge in [-0.1, -0.05) is 74.2 Å². The van der Waals surface area contributed by atoms with Crippen molar-refractivity contribution in [2.45, 2.75) is 32.1 Å². The first-order valence-corrected chi connectivity index (χ1v) is 11.6. The van der Waals surface area contributed by atoms with Crippen molar-refractivity contribution in [3.8, 4) is 0 Å². The van der Waals surface area contributed by atoms with Crippen LogP contribution in [0.1, 0.15) is 22.7 Å². The van der Waals surface area contributed by atoms with Gasteiger partial charge in [0.15, 0.2) is 0 Å². The molecule has 2 aromatic rings. The van der Waals surface area contributed by atoms with E-state index in [1.165, 1.54) is 35.8 Å². The van der Waals surface area contributed by atoms with Gasteiger partial charge < -0.3 is 0 Å². The molecule has 2 heteroatoms. The average Bonchev–Trinajstić information content (AvgIpc) is 2.46. The summed E-state index contributed by atoms with van der Waals surface area (Å²) >= 11 is 0. The first kappa shape index (κ1) is 14.5. The predicted molar refractivity (Wildman–Crippen MR) is 93.4 cm³/mol.